The summed E-state index contributed by atoms with van der Waals surface area (Å²) in [5, 5.41) is 18.1. The summed E-state index contributed by atoms with van der Waals surface area (Å²) in [6, 6.07) is 12.4. The Labute approximate surface area is 218 Å². The van der Waals surface area contributed by atoms with Crippen LogP contribution in [0.1, 0.15) is 17.0 Å². The lowest BCUT2D eigenvalue weighted by atomic mass is 10.1. The molecule has 0 fully saturated rings. The first kappa shape index (κ1) is 26.1. The number of nitriles is 1. The van der Waals surface area contributed by atoms with Crippen molar-refractivity contribution < 1.29 is 22.3 Å². The molecule has 2 heterocycles. The number of methoxy groups -OCH3 is 2. The Morgan fingerprint density at radius 1 is 1.08 bits per heavy atom. The molecule has 0 saturated heterocycles. The van der Waals surface area contributed by atoms with Crippen LogP contribution in [0.3, 0.4) is 0 Å². The minimum atomic E-state index is -3.76. The molecule has 0 spiro atoms. The summed E-state index contributed by atoms with van der Waals surface area (Å²) in [6.45, 7) is 0. The number of para-hydroxylation sites is 1. The number of pyridine rings is 1. The topological polar surface area (TPSA) is 120 Å². The van der Waals surface area contributed by atoms with Gasteiger partial charge in [-0.3, -0.25) is 9.55 Å². The fourth-order valence-electron chi connectivity index (χ4n) is 3.82. The molecule has 4 aromatic rings. The van der Waals surface area contributed by atoms with Gasteiger partial charge in [-0.15, -0.1) is 10.2 Å². The average Bonchev–Trinajstić information content (AvgIpc) is 3.29. The first-order chi connectivity index (χ1) is 17.8. The molecule has 37 heavy (non-hydrogen) atoms. The van der Waals surface area contributed by atoms with Gasteiger partial charge in [0, 0.05) is 18.0 Å². The van der Waals surface area contributed by atoms with Gasteiger partial charge in [0.2, 0.25) is 0 Å². The highest BCUT2D eigenvalue weighted by molar-refractivity contribution is 7.90. The summed E-state index contributed by atoms with van der Waals surface area (Å²) < 4.78 is 52.5. The number of rotatable bonds is 9. The van der Waals surface area contributed by atoms with Gasteiger partial charge in [0.15, 0.2) is 21.5 Å². The van der Waals surface area contributed by atoms with E-state index in [0.29, 0.717) is 33.3 Å². The van der Waals surface area contributed by atoms with Crippen molar-refractivity contribution in [3.8, 4) is 34.6 Å². The van der Waals surface area contributed by atoms with E-state index in [1.165, 1.54) is 38.7 Å². The lowest BCUT2D eigenvalue weighted by molar-refractivity contribution is 0.391. The van der Waals surface area contributed by atoms with Gasteiger partial charge in [-0.25, -0.2) is 12.8 Å². The molecule has 0 N–H and O–H groups in total. The Balaban J connectivity index is 1.77. The second-order valence-corrected chi connectivity index (χ2v) is 10.6. The molecule has 0 atom stereocenters. The number of nitrogens with zero attached hydrogens (tertiary/aromatic N) is 5. The fraction of sp³-hybridized carbons (Fsp3) is 0.200. The number of aryl methyl sites for hydroxylation is 1. The molecular weight excluding hydrogens is 521 g/mol. The molecule has 0 unspecified atom stereocenters. The van der Waals surface area contributed by atoms with Crippen LogP contribution in [0, 0.1) is 17.1 Å². The normalized spacial score (nSPS) is 11.2. The molecule has 0 bridgehead atoms. The van der Waals surface area contributed by atoms with E-state index < -0.39 is 21.4 Å². The van der Waals surface area contributed by atoms with Crippen LogP contribution >= 0.6 is 11.6 Å². The highest BCUT2D eigenvalue weighted by atomic mass is 35.5. The maximum Gasteiger partial charge on any atom is 0.170 e. The van der Waals surface area contributed by atoms with Gasteiger partial charge in [-0.05, 0) is 42.3 Å². The summed E-state index contributed by atoms with van der Waals surface area (Å²) in [4.78, 5) is 4.10. The molecule has 0 aliphatic heterocycles. The van der Waals surface area contributed by atoms with Gasteiger partial charge in [-0.2, -0.15) is 5.26 Å². The maximum atomic E-state index is 13.5. The Morgan fingerprint density at radius 2 is 1.81 bits per heavy atom. The summed E-state index contributed by atoms with van der Waals surface area (Å²) >= 11 is 6.15. The molecule has 9 nitrogen and oxygen atoms in total. The van der Waals surface area contributed by atoms with E-state index in [1.54, 1.807) is 28.8 Å². The second kappa shape index (κ2) is 10.9. The van der Waals surface area contributed by atoms with Crippen LogP contribution in [-0.4, -0.2) is 48.1 Å². The summed E-state index contributed by atoms with van der Waals surface area (Å²) in [6.07, 6.45) is 3.03. The van der Waals surface area contributed by atoms with Crippen LogP contribution in [0.2, 0.25) is 5.02 Å². The number of halogens is 2. The van der Waals surface area contributed by atoms with E-state index in [9.17, 15) is 18.1 Å². The van der Waals surface area contributed by atoms with E-state index in [4.69, 9.17) is 21.1 Å². The zero-order valence-corrected chi connectivity index (χ0v) is 21.4. The zero-order chi connectivity index (χ0) is 26.6. The van der Waals surface area contributed by atoms with Crippen molar-refractivity contribution in [2.24, 2.45) is 0 Å². The number of hydrogen-bond donors (Lipinski definition) is 0. The predicted molar refractivity (Wildman–Crippen MR) is 135 cm³/mol. The number of ether oxygens (including phenoxy) is 2. The Morgan fingerprint density at radius 3 is 2.46 bits per heavy atom. The highest BCUT2D eigenvalue weighted by Crippen LogP contribution is 2.36. The maximum absolute atomic E-state index is 13.5. The van der Waals surface area contributed by atoms with Crippen molar-refractivity contribution in [1.82, 2.24) is 19.7 Å². The average molecular weight is 542 g/mol. The summed E-state index contributed by atoms with van der Waals surface area (Å²) in [7, 11) is -0.802. The van der Waals surface area contributed by atoms with E-state index >= 15 is 0 Å². The van der Waals surface area contributed by atoms with E-state index in [2.05, 4.69) is 15.2 Å². The Bertz CT molecular complexity index is 1580. The smallest absolute Gasteiger partial charge is 0.170 e. The van der Waals surface area contributed by atoms with Crippen LogP contribution in [-0.2, 0) is 22.0 Å². The van der Waals surface area contributed by atoms with Gasteiger partial charge in [0.25, 0.3) is 0 Å². The molecule has 0 amide bonds. The minimum Gasteiger partial charge on any atom is -0.494 e. The molecule has 12 heteroatoms. The highest BCUT2D eigenvalue weighted by Gasteiger charge is 2.26. The van der Waals surface area contributed by atoms with Crippen LogP contribution in [0.4, 0.5) is 4.39 Å². The third-order valence-electron chi connectivity index (χ3n) is 5.54. The third-order valence-corrected chi connectivity index (χ3v) is 7.27. The van der Waals surface area contributed by atoms with E-state index in [1.807, 2.05) is 6.07 Å². The Hall–Kier alpha value is -4.01. The minimum absolute atomic E-state index is 0.0304. The van der Waals surface area contributed by atoms with Crippen molar-refractivity contribution in [3.63, 3.8) is 0 Å². The predicted octanol–water partition coefficient (Wildman–Crippen LogP) is 4.17. The van der Waals surface area contributed by atoms with Gasteiger partial charge in [0.05, 0.1) is 36.6 Å². The number of hydrogen-bond acceptors (Lipinski definition) is 8. The van der Waals surface area contributed by atoms with Crippen molar-refractivity contribution in [3.05, 3.63) is 82.6 Å². The monoisotopic (exact) mass is 541 g/mol. The first-order valence-corrected chi connectivity index (χ1v) is 13.1. The molecule has 0 aliphatic carbocycles. The number of aromatic nitrogens is 4. The van der Waals surface area contributed by atoms with Crippen molar-refractivity contribution in [2.75, 3.05) is 20.0 Å². The zero-order valence-electron chi connectivity index (χ0n) is 19.9. The van der Waals surface area contributed by atoms with Crippen LogP contribution in [0.5, 0.6) is 11.5 Å². The molecule has 0 aliphatic rings. The fourth-order valence-corrected chi connectivity index (χ4v) is 5.25. The number of sulfone groups is 1. The lowest BCUT2D eigenvalue weighted by Gasteiger charge is -2.17. The first-order valence-electron chi connectivity index (χ1n) is 10.9. The van der Waals surface area contributed by atoms with Crippen molar-refractivity contribution in [1.29, 1.82) is 5.26 Å². The van der Waals surface area contributed by atoms with Gasteiger partial charge in [0.1, 0.15) is 28.8 Å². The van der Waals surface area contributed by atoms with E-state index in [0.717, 1.165) is 6.07 Å². The molecule has 4 rings (SSSR count). The number of benzene rings is 2. The standard InChI is InChI=1S/C25H21ClFN5O4S/c1-35-21-4-3-5-22(36-2)24(21)32-23(30-31-25(32)18-10-19(26)14-29-13-18)15-37(33,34)9-8-16-6-7-20(27)11-17(16)12-28/h3-7,10-11,13-14H,8-9,15H2,1-2H3. The van der Waals surface area contributed by atoms with Crippen molar-refractivity contribution in [2.45, 2.75) is 12.2 Å². The Kier molecular flexibility index (Phi) is 7.71. The van der Waals surface area contributed by atoms with Crippen LogP contribution in [0.25, 0.3) is 17.1 Å². The lowest BCUT2D eigenvalue weighted by Crippen LogP contribution is -2.16. The van der Waals surface area contributed by atoms with Gasteiger partial charge >= 0.3 is 0 Å². The molecule has 190 valence electrons. The third kappa shape index (κ3) is 5.71. The van der Waals surface area contributed by atoms with Gasteiger partial charge in [-0.1, -0.05) is 23.7 Å². The van der Waals surface area contributed by atoms with Gasteiger partial charge < -0.3 is 9.47 Å². The molecule has 2 aromatic heterocycles. The molecule has 2 aromatic carbocycles. The van der Waals surface area contributed by atoms with Crippen LogP contribution in [0.15, 0.2) is 54.9 Å². The summed E-state index contributed by atoms with van der Waals surface area (Å²) in [5.74, 6) is -0.135. The quantitative estimate of drug-likeness (QED) is 0.309. The second-order valence-electron chi connectivity index (χ2n) is 7.93. The molecular formula is C25H21ClFN5O4S. The molecule has 0 saturated carbocycles. The molecule has 0 radical (unpaired) electrons. The largest absolute Gasteiger partial charge is 0.494 e. The summed E-state index contributed by atoms with van der Waals surface area (Å²) in [5.41, 5.74) is 1.43. The van der Waals surface area contributed by atoms with Crippen LogP contribution < -0.4 is 9.47 Å². The van der Waals surface area contributed by atoms with E-state index in [-0.39, 0.29) is 29.4 Å². The SMILES string of the molecule is COc1cccc(OC)c1-n1c(CS(=O)(=O)CCc2ccc(F)cc2C#N)nnc1-c1cncc(Cl)c1. The van der Waals surface area contributed by atoms with Crippen molar-refractivity contribution >= 4 is 21.4 Å².